The molecule has 3 aromatic carbocycles. The average molecular weight is 769 g/mol. The lowest BCUT2D eigenvalue weighted by molar-refractivity contribution is -0.136. The minimum atomic E-state index is -1.05. The number of hydrogen-bond acceptors (Lipinski definition) is 10. The number of hydrogen-bond donors (Lipinski definition) is 2. The molecule has 13 nitrogen and oxygen atoms in total. The number of halogens is 1. The third kappa shape index (κ3) is 6.95. The first-order valence-corrected chi connectivity index (χ1v) is 17.9. The molecular formula is C38H38BrN7O6. The minimum Gasteiger partial charge on any atom is -0.457 e. The summed E-state index contributed by atoms with van der Waals surface area (Å²) in [5.74, 6) is -1.26. The molecule has 0 radical (unpaired) electrons. The molecule has 268 valence electrons. The average Bonchev–Trinajstić information content (AvgIpc) is 3.38. The number of fused-ring (bicyclic) bond motifs is 1. The summed E-state index contributed by atoms with van der Waals surface area (Å²) in [7, 11) is 5.75. The smallest absolute Gasteiger partial charge is 0.282 e. The number of imide groups is 2. The normalized spacial score (nSPS) is 20.5. The standard InChI is InChI=1S/C38H38BrN7O6/c1-43-20-24(17-25(21-43)41-29-18-40-45(3)38(51)34(29)39)23-9-7-22(8-10-23)19-44(2)26-11-13-27(14-12-26)52-31-6-4-5-28-33(31)37(50)46(36(28)49)30-15-16-32(47)42-35(30)48/h4-14,18,24-25,30,41H,15-17,19-21H2,1-3H3,(H,42,47,48)/t24-,25+,30?/m1/s1. The first kappa shape index (κ1) is 35.1. The van der Waals surface area contributed by atoms with Gasteiger partial charge in [0, 0.05) is 51.9 Å². The predicted octanol–water partition coefficient (Wildman–Crippen LogP) is 4.27. The van der Waals surface area contributed by atoms with Crippen LogP contribution in [0.25, 0.3) is 0 Å². The summed E-state index contributed by atoms with van der Waals surface area (Å²) >= 11 is 3.42. The fourth-order valence-corrected chi connectivity index (χ4v) is 7.70. The summed E-state index contributed by atoms with van der Waals surface area (Å²) in [5, 5.41) is 9.89. The van der Waals surface area contributed by atoms with Gasteiger partial charge >= 0.3 is 0 Å². The molecule has 2 fully saturated rings. The van der Waals surface area contributed by atoms with Crippen LogP contribution in [0.2, 0.25) is 0 Å². The lowest BCUT2D eigenvalue weighted by Gasteiger charge is -2.37. The van der Waals surface area contributed by atoms with Crippen molar-refractivity contribution in [1.82, 2.24) is 24.9 Å². The number of carbonyl (C=O) groups excluding carboxylic acids is 4. The number of piperidine rings is 2. The number of benzene rings is 3. The fourth-order valence-electron chi connectivity index (χ4n) is 7.22. The Kier molecular flexibility index (Phi) is 9.68. The van der Waals surface area contributed by atoms with E-state index in [1.54, 1.807) is 37.5 Å². The topological polar surface area (TPSA) is 146 Å². The number of nitrogens with zero attached hydrogens (tertiary/aromatic N) is 5. The third-order valence-electron chi connectivity index (χ3n) is 9.88. The molecule has 0 aliphatic carbocycles. The summed E-state index contributed by atoms with van der Waals surface area (Å²) in [6, 6.07) is 20.1. The Balaban J connectivity index is 0.975. The Morgan fingerprint density at radius 3 is 2.44 bits per heavy atom. The number of aromatic nitrogens is 2. The number of anilines is 2. The molecule has 1 unspecified atom stereocenters. The van der Waals surface area contributed by atoms with Gasteiger partial charge in [-0.15, -0.1) is 0 Å². The van der Waals surface area contributed by atoms with E-state index in [-0.39, 0.29) is 41.3 Å². The van der Waals surface area contributed by atoms with Crippen LogP contribution in [0, 0.1) is 0 Å². The zero-order chi connectivity index (χ0) is 36.7. The lowest BCUT2D eigenvalue weighted by Crippen LogP contribution is -2.54. The van der Waals surface area contributed by atoms with Gasteiger partial charge in [0.2, 0.25) is 11.8 Å². The highest BCUT2D eigenvalue weighted by Crippen LogP contribution is 2.36. The Bertz CT molecular complexity index is 2120. The molecule has 0 bridgehead atoms. The van der Waals surface area contributed by atoms with Gasteiger partial charge in [0.15, 0.2) is 0 Å². The number of amides is 4. The molecule has 0 saturated carbocycles. The Hall–Kier alpha value is -5.34. The van der Waals surface area contributed by atoms with Gasteiger partial charge in [-0.05, 0) is 89.3 Å². The van der Waals surface area contributed by atoms with Crippen molar-refractivity contribution in [2.45, 2.75) is 43.8 Å². The van der Waals surface area contributed by atoms with Crippen LogP contribution in [-0.2, 0) is 23.2 Å². The summed E-state index contributed by atoms with van der Waals surface area (Å²) in [5.41, 5.74) is 4.17. The molecule has 1 aromatic heterocycles. The van der Waals surface area contributed by atoms with E-state index < -0.39 is 29.7 Å². The van der Waals surface area contributed by atoms with Crippen LogP contribution < -0.4 is 25.8 Å². The van der Waals surface area contributed by atoms with E-state index in [0.29, 0.717) is 28.4 Å². The first-order chi connectivity index (χ1) is 25.0. The van der Waals surface area contributed by atoms with E-state index in [4.69, 9.17) is 4.74 Å². The van der Waals surface area contributed by atoms with E-state index in [1.807, 2.05) is 19.2 Å². The summed E-state index contributed by atoms with van der Waals surface area (Å²) in [4.78, 5) is 68.4. The van der Waals surface area contributed by atoms with Crippen LogP contribution in [-0.4, -0.2) is 82.5 Å². The maximum absolute atomic E-state index is 13.4. The van der Waals surface area contributed by atoms with Crippen LogP contribution in [0.1, 0.15) is 57.0 Å². The van der Waals surface area contributed by atoms with Crippen molar-refractivity contribution in [2.24, 2.45) is 7.05 Å². The second-order valence-corrected chi connectivity index (χ2v) is 14.4. The predicted molar refractivity (Wildman–Crippen MR) is 198 cm³/mol. The Morgan fingerprint density at radius 1 is 0.962 bits per heavy atom. The van der Waals surface area contributed by atoms with Gasteiger partial charge in [-0.1, -0.05) is 30.3 Å². The highest BCUT2D eigenvalue weighted by molar-refractivity contribution is 9.10. The van der Waals surface area contributed by atoms with Crippen molar-refractivity contribution in [3.05, 3.63) is 110 Å². The Labute approximate surface area is 308 Å². The third-order valence-corrected chi connectivity index (χ3v) is 10.6. The lowest BCUT2D eigenvalue weighted by atomic mass is 9.87. The van der Waals surface area contributed by atoms with Crippen molar-refractivity contribution in [3.63, 3.8) is 0 Å². The van der Waals surface area contributed by atoms with Crippen molar-refractivity contribution in [1.29, 1.82) is 0 Å². The van der Waals surface area contributed by atoms with Crippen molar-refractivity contribution >= 4 is 50.9 Å². The van der Waals surface area contributed by atoms with Gasteiger partial charge < -0.3 is 19.9 Å². The largest absolute Gasteiger partial charge is 0.457 e. The molecule has 14 heteroatoms. The fraction of sp³-hybridized carbons (Fsp3) is 0.316. The second-order valence-electron chi connectivity index (χ2n) is 13.6. The molecule has 3 aliphatic heterocycles. The molecule has 3 aliphatic rings. The van der Waals surface area contributed by atoms with Gasteiger partial charge in [0.1, 0.15) is 22.0 Å². The van der Waals surface area contributed by atoms with E-state index in [0.717, 1.165) is 35.7 Å². The van der Waals surface area contributed by atoms with Crippen LogP contribution in [0.3, 0.4) is 0 Å². The number of ether oxygens (including phenoxy) is 1. The van der Waals surface area contributed by atoms with Gasteiger partial charge in [-0.2, -0.15) is 5.10 Å². The first-order valence-electron chi connectivity index (χ1n) is 17.1. The minimum absolute atomic E-state index is 0.0496. The van der Waals surface area contributed by atoms with Gasteiger partial charge in [0.05, 0.1) is 23.0 Å². The maximum atomic E-state index is 13.4. The highest BCUT2D eigenvalue weighted by atomic mass is 79.9. The van der Waals surface area contributed by atoms with Crippen molar-refractivity contribution in [3.8, 4) is 11.5 Å². The molecule has 4 aromatic rings. The number of likely N-dealkylation sites (tertiary alicyclic amines) is 1. The number of rotatable bonds is 9. The molecule has 4 heterocycles. The molecule has 2 saturated heterocycles. The molecule has 7 rings (SSSR count). The Morgan fingerprint density at radius 2 is 1.71 bits per heavy atom. The molecular weight excluding hydrogens is 730 g/mol. The molecule has 0 spiro atoms. The zero-order valence-corrected chi connectivity index (χ0v) is 30.6. The van der Waals surface area contributed by atoms with Crippen LogP contribution >= 0.6 is 15.9 Å². The molecule has 3 atom stereocenters. The number of carbonyl (C=O) groups is 4. The summed E-state index contributed by atoms with van der Waals surface area (Å²) in [6.45, 7) is 2.48. The van der Waals surface area contributed by atoms with E-state index in [2.05, 4.69) is 72.8 Å². The summed E-state index contributed by atoms with van der Waals surface area (Å²) < 4.78 is 7.90. The summed E-state index contributed by atoms with van der Waals surface area (Å²) in [6.07, 6.45) is 2.74. The monoisotopic (exact) mass is 767 g/mol. The van der Waals surface area contributed by atoms with Gasteiger partial charge in [-0.25, -0.2) is 4.68 Å². The van der Waals surface area contributed by atoms with Gasteiger partial charge in [-0.3, -0.25) is 34.2 Å². The van der Waals surface area contributed by atoms with E-state index in [1.165, 1.54) is 16.3 Å². The van der Waals surface area contributed by atoms with Crippen LogP contribution in [0.15, 0.2) is 82.2 Å². The van der Waals surface area contributed by atoms with Crippen LogP contribution in [0.5, 0.6) is 11.5 Å². The zero-order valence-electron chi connectivity index (χ0n) is 29.0. The number of aryl methyl sites for hydroxylation is 1. The van der Waals surface area contributed by atoms with Crippen molar-refractivity contribution < 1.29 is 23.9 Å². The quantitative estimate of drug-likeness (QED) is 0.237. The molecule has 52 heavy (non-hydrogen) atoms. The van der Waals surface area contributed by atoms with E-state index in [9.17, 15) is 24.0 Å². The SMILES string of the molecule is CN1C[C@@H](Nc2cnn(C)c(=O)c2Br)C[C@@H](c2ccc(CN(C)c3ccc(Oc4cccc5c4C(=O)N(C4CCC(=O)NC4=O)C5=O)cc3)cc2)C1. The maximum Gasteiger partial charge on any atom is 0.282 e. The van der Waals surface area contributed by atoms with Crippen molar-refractivity contribution in [2.75, 3.05) is 37.4 Å². The highest BCUT2D eigenvalue weighted by Gasteiger charge is 2.46. The van der Waals surface area contributed by atoms with Crippen LogP contribution in [0.4, 0.5) is 11.4 Å². The number of nitrogens with one attached hydrogen (secondary N) is 2. The molecule has 2 N–H and O–H groups in total. The second kappa shape index (κ2) is 14.4. The van der Waals surface area contributed by atoms with E-state index >= 15 is 0 Å². The van der Waals surface area contributed by atoms with Gasteiger partial charge in [0.25, 0.3) is 17.4 Å². The number of likely N-dealkylation sites (N-methyl/N-ethyl adjacent to an activating group) is 1. The molecule has 4 amide bonds.